The van der Waals surface area contributed by atoms with Gasteiger partial charge >= 0.3 is 0 Å². The van der Waals surface area contributed by atoms with Crippen molar-refractivity contribution in [1.82, 2.24) is 19.7 Å². The summed E-state index contributed by atoms with van der Waals surface area (Å²) in [5.74, 6) is 0.703. The van der Waals surface area contributed by atoms with Gasteiger partial charge in [0.1, 0.15) is 0 Å². The molecule has 0 aliphatic carbocycles. The molecule has 0 unspecified atom stereocenters. The fourth-order valence-corrected chi connectivity index (χ4v) is 2.99. The normalized spacial score (nSPS) is 10.9. The van der Waals surface area contributed by atoms with E-state index in [1.807, 2.05) is 55.5 Å². The molecule has 0 bridgehead atoms. The standard InChI is InChI=1S/C19H26BrN5O.HI/c1-23(2)18(26)12-22-19(21-11-15-8-6-5-7-9-15)25(4)14-17-10-16(20)13-24(17)3;/h5-10,13H,11-12,14H2,1-4H3,(H,21,22);1H. The molecule has 0 aliphatic rings. The zero-order chi connectivity index (χ0) is 19.1. The number of benzene rings is 1. The van der Waals surface area contributed by atoms with Gasteiger partial charge in [-0.15, -0.1) is 24.0 Å². The lowest BCUT2D eigenvalue weighted by atomic mass is 10.2. The molecule has 27 heavy (non-hydrogen) atoms. The van der Waals surface area contributed by atoms with Crippen molar-refractivity contribution in [3.63, 3.8) is 0 Å². The van der Waals surface area contributed by atoms with E-state index in [2.05, 4.69) is 31.9 Å². The fraction of sp³-hybridized carbons (Fsp3) is 0.368. The minimum absolute atomic E-state index is 0. The maximum Gasteiger partial charge on any atom is 0.241 e. The quantitative estimate of drug-likeness (QED) is 0.343. The van der Waals surface area contributed by atoms with Crippen molar-refractivity contribution in [2.24, 2.45) is 12.0 Å². The molecule has 1 aromatic heterocycles. The molecule has 0 saturated carbocycles. The third-order valence-corrected chi connectivity index (χ3v) is 4.42. The van der Waals surface area contributed by atoms with Gasteiger partial charge in [0.25, 0.3) is 0 Å². The van der Waals surface area contributed by atoms with Crippen LogP contribution in [0.5, 0.6) is 0 Å². The van der Waals surface area contributed by atoms with Crippen LogP contribution in [0, 0.1) is 0 Å². The number of likely N-dealkylation sites (N-methyl/N-ethyl adjacent to an activating group) is 1. The first kappa shape index (κ1) is 23.5. The highest BCUT2D eigenvalue weighted by Crippen LogP contribution is 2.15. The summed E-state index contributed by atoms with van der Waals surface area (Å²) in [5.41, 5.74) is 2.27. The van der Waals surface area contributed by atoms with Crippen LogP contribution in [0.25, 0.3) is 0 Å². The topological polar surface area (TPSA) is 52.9 Å². The van der Waals surface area contributed by atoms with E-state index in [4.69, 9.17) is 4.99 Å². The molecule has 0 atom stereocenters. The van der Waals surface area contributed by atoms with Crippen molar-refractivity contribution in [2.75, 3.05) is 27.7 Å². The monoisotopic (exact) mass is 547 g/mol. The highest BCUT2D eigenvalue weighted by Gasteiger charge is 2.12. The van der Waals surface area contributed by atoms with Gasteiger partial charge in [-0.3, -0.25) is 4.79 Å². The molecule has 1 N–H and O–H groups in total. The maximum atomic E-state index is 11.9. The van der Waals surface area contributed by atoms with E-state index >= 15 is 0 Å². The predicted octanol–water partition coefficient (Wildman–Crippen LogP) is 3.07. The molecule has 0 saturated heterocycles. The van der Waals surface area contributed by atoms with Crippen LogP contribution >= 0.6 is 39.9 Å². The number of nitrogens with zero attached hydrogens (tertiary/aromatic N) is 4. The van der Waals surface area contributed by atoms with Crippen LogP contribution < -0.4 is 5.32 Å². The number of carbonyl (C=O) groups excluding carboxylic acids is 1. The van der Waals surface area contributed by atoms with Crippen LogP contribution in [0.1, 0.15) is 11.3 Å². The molecule has 1 heterocycles. The molecule has 1 aromatic carbocycles. The first-order chi connectivity index (χ1) is 12.4. The summed E-state index contributed by atoms with van der Waals surface area (Å²) in [6, 6.07) is 12.1. The smallest absolute Gasteiger partial charge is 0.241 e. The van der Waals surface area contributed by atoms with E-state index in [1.54, 1.807) is 19.0 Å². The summed E-state index contributed by atoms with van der Waals surface area (Å²) in [7, 11) is 7.47. The molecule has 1 amide bonds. The summed E-state index contributed by atoms with van der Waals surface area (Å²) >= 11 is 3.50. The Morgan fingerprint density at radius 3 is 2.44 bits per heavy atom. The van der Waals surface area contributed by atoms with Crippen molar-refractivity contribution >= 4 is 51.8 Å². The molecule has 0 radical (unpaired) electrons. The first-order valence-corrected chi connectivity index (χ1v) is 9.20. The van der Waals surface area contributed by atoms with Gasteiger partial charge in [-0.05, 0) is 27.6 Å². The number of guanidine groups is 1. The van der Waals surface area contributed by atoms with E-state index in [1.165, 1.54) is 0 Å². The third kappa shape index (κ3) is 7.53. The summed E-state index contributed by atoms with van der Waals surface area (Å²) in [6.07, 6.45) is 2.02. The average Bonchev–Trinajstić information content (AvgIpc) is 2.92. The van der Waals surface area contributed by atoms with Crippen LogP contribution in [0.15, 0.2) is 52.1 Å². The molecule has 8 heteroatoms. The number of amides is 1. The zero-order valence-corrected chi connectivity index (χ0v) is 20.1. The molecular weight excluding hydrogens is 521 g/mol. The van der Waals surface area contributed by atoms with E-state index in [0.717, 1.165) is 15.7 Å². The van der Waals surface area contributed by atoms with Gasteiger partial charge in [-0.2, -0.15) is 0 Å². The van der Waals surface area contributed by atoms with Crippen molar-refractivity contribution in [1.29, 1.82) is 0 Å². The molecule has 2 rings (SSSR count). The van der Waals surface area contributed by atoms with Crippen LogP contribution in [-0.4, -0.2) is 53.9 Å². The Morgan fingerprint density at radius 2 is 1.89 bits per heavy atom. The number of aryl methyl sites for hydroxylation is 1. The van der Waals surface area contributed by atoms with Gasteiger partial charge in [-0.1, -0.05) is 30.3 Å². The lowest BCUT2D eigenvalue weighted by molar-refractivity contribution is -0.127. The van der Waals surface area contributed by atoms with Gasteiger partial charge in [-0.25, -0.2) is 4.99 Å². The number of aliphatic imine (C=N–C) groups is 1. The minimum atomic E-state index is 0. The van der Waals surface area contributed by atoms with Gasteiger partial charge in [0.2, 0.25) is 5.91 Å². The summed E-state index contributed by atoms with van der Waals surface area (Å²) in [5, 5.41) is 3.18. The number of aromatic nitrogens is 1. The Balaban J connectivity index is 0.00000364. The average molecular weight is 548 g/mol. The highest BCUT2D eigenvalue weighted by atomic mass is 127. The number of carbonyl (C=O) groups is 1. The second kappa shape index (κ2) is 11.3. The summed E-state index contributed by atoms with van der Waals surface area (Å²) in [6.45, 7) is 1.45. The Labute approximate surface area is 186 Å². The Hall–Kier alpha value is -1.55. The van der Waals surface area contributed by atoms with Gasteiger partial charge in [0.15, 0.2) is 5.96 Å². The Morgan fingerprint density at radius 1 is 1.22 bits per heavy atom. The predicted molar refractivity (Wildman–Crippen MR) is 124 cm³/mol. The molecule has 0 fully saturated rings. The lowest BCUT2D eigenvalue weighted by Gasteiger charge is -2.23. The number of nitrogens with one attached hydrogen (secondary N) is 1. The van der Waals surface area contributed by atoms with Crippen LogP contribution in [0.4, 0.5) is 0 Å². The number of hydrogen-bond acceptors (Lipinski definition) is 2. The molecule has 6 nitrogen and oxygen atoms in total. The van der Waals surface area contributed by atoms with E-state index in [0.29, 0.717) is 19.0 Å². The van der Waals surface area contributed by atoms with Crippen molar-refractivity contribution in [2.45, 2.75) is 13.1 Å². The van der Waals surface area contributed by atoms with E-state index in [9.17, 15) is 4.79 Å². The lowest BCUT2D eigenvalue weighted by Crippen LogP contribution is -2.43. The minimum Gasteiger partial charge on any atom is -0.352 e. The van der Waals surface area contributed by atoms with E-state index < -0.39 is 0 Å². The third-order valence-electron chi connectivity index (χ3n) is 3.99. The van der Waals surface area contributed by atoms with Gasteiger partial charge < -0.3 is 19.7 Å². The highest BCUT2D eigenvalue weighted by molar-refractivity contribution is 14.0. The molecular formula is C19H27BrIN5O. The molecule has 0 aliphatic heterocycles. The second-order valence-corrected chi connectivity index (χ2v) is 7.30. The summed E-state index contributed by atoms with van der Waals surface area (Å²) in [4.78, 5) is 20.2. The van der Waals surface area contributed by atoms with Crippen LogP contribution in [0.2, 0.25) is 0 Å². The Bertz CT molecular complexity index is 761. The molecule has 2 aromatic rings. The fourth-order valence-electron chi connectivity index (χ4n) is 2.42. The van der Waals surface area contributed by atoms with Crippen molar-refractivity contribution < 1.29 is 4.79 Å². The van der Waals surface area contributed by atoms with E-state index in [-0.39, 0.29) is 36.4 Å². The summed E-state index contributed by atoms with van der Waals surface area (Å²) < 4.78 is 3.11. The zero-order valence-electron chi connectivity index (χ0n) is 16.1. The largest absolute Gasteiger partial charge is 0.352 e. The number of halogens is 2. The number of hydrogen-bond donors (Lipinski definition) is 1. The van der Waals surface area contributed by atoms with Crippen LogP contribution in [0.3, 0.4) is 0 Å². The SMILES string of the molecule is CN(C)C(=O)CNC(=NCc1ccccc1)N(C)Cc1cc(Br)cn1C.I. The maximum absolute atomic E-state index is 11.9. The Kier molecular flexibility index (Phi) is 9.86. The molecule has 0 spiro atoms. The van der Waals surface area contributed by atoms with Crippen molar-refractivity contribution in [3.8, 4) is 0 Å². The van der Waals surface area contributed by atoms with Crippen LogP contribution in [-0.2, 0) is 24.9 Å². The van der Waals surface area contributed by atoms with Gasteiger partial charge in [0, 0.05) is 44.6 Å². The number of rotatable bonds is 6. The first-order valence-electron chi connectivity index (χ1n) is 8.41. The molecule has 148 valence electrons. The van der Waals surface area contributed by atoms with Gasteiger partial charge in [0.05, 0.1) is 19.6 Å². The second-order valence-electron chi connectivity index (χ2n) is 6.38. The van der Waals surface area contributed by atoms with Crippen molar-refractivity contribution in [3.05, 3.63) is 58.3 Å².